The zero-order chi connectivity index (χ0) is 16.2. The molecule has 5 heteroatoms. The van der Waals surface area contributed by atoms with E-state index in [0.29, 0.717) is 12.5 Å². The first kappa shape index (κ1) is 16.8. The van der Waals surface area contributed by atoms with Crippen LogP contribution in [0.25, 0.3) is 6.08 Å². The molecule has 1 saturated heterocycles. The first-order valence-electron chi connectivity index (χ1n) is 8.17. The summed E-state index contributed by atoms with van der Waals surface area (Å²) in [7, 11) is 4.24. The molecular formula is C18H25ClN2O2. The molecule has 1 unspecified atom stereocenters. The van der Waals surface area contributed by atoms with Gasteiger partial charge in [0.05, 0.1) is 13.2 Å². The van der Waals surface area contributed by atoms with Gasteiger partial charge in [-0.3, -0.25) is 4.90 Å². The first-order valence-corrected chi connectivity index (χ1v) is 8.54. The van der Waals surface area contributed by atoms with E-state index < -0.39 is 0 Å². The maximum Gasteiger partial charge on any atom is 0.127 e. The summed E-state index contributed by atoms with van der Waals surface area (Å²) in [4.78, 5) is 4.71. The van der Waals surface area contributed by atoms with Gasteiger partial charge in [-0.25, -0.2) is 0 Å². The van der Waals surface area contributed by atoms with Crippen LogP contribution < -0.4 is 4.74 Å². The van der Waals surface area contributed by atoms with E-state index in [1.54, 1.807) is 0 Å². The Balaban J connectivity index is 1.66. The fourth-order valence-electron chi connectivity index (χ4n) is 3.30. The summed E-state index contributed by atoms with van der Waals surface area (Å²) >= 11 is 6.09. The van der Waals surface area contributed by atoms with Crippen molar-refractivity contribution in [1.82, 2.24) is 9.80 Å². The molecule has 4 nitrogen and oxygen atoms in total. The fourth-order valence-corrected chi connectivity index (χ4v) is 3.48. The molecule has 23 heavy (non-hydrogen) atoms. The van der Waals surface area contributed by atoms with E-state index in [1.165, 1.54) is 5.57 Å². The highest BCUT2D eigenvalue weighted by atomic mass is 35.5. The second kappa shape index (κ2) is 7.67. The van der Waals surface area contributed by atoms with Crippen molar-refractivity contribution in [1.29, 1.82) is 0 Å². The summed E-state index contributed by atoms with van der Waals surface area (Å²) in [5.41, 5.74) is 2.37. The Labute approximate surface area is 143 Å². The highest BCUT2D eigenvalue weighted by Gasteiger charge is 2.21. The molecule has 0 aromatic heterocycles. The fraction of sp³-hybridized carbons (Fsp3) is 0.556. The Hall–Kier alpha value is -1.07. The van der Waals surface area contributed by atoms with Gasteiger partial charge in [0.25, 0.3) is 0 Å². The molecule has 0 aliphatic carbocycles. The topological polar surface area (TPSA) is 24.9 Å². The van der Waals surface area contributed by atoms with Gasteiger partial charge in [-0.2, -0.15) is 0 Å². The van der Waals surface area contributed by atoms with Crippen LogP contribution in [0.3, 0.4) is 0 Å². The Bertz CT molecular complexity index is 574. The predicted octanol–water partition coefficient (Wildman–Crippen LogP) is 2.63. The number of hydrogen-bond donors (Lipinski definition) is 0. The quantitative estimate of drug-likeness (QED) is 0.844. The SMILES string of the molecule is CN(C)CC1COCCN(CC2=Cc3cc(Cl)ccc3OC2)C1. The van der Waals surface area contributed by atoms with Gasteiger partial charge in [-0.05, 0) is 43.9 Å². The molecule has 0 spiro atoms. The van der Waals surface area contributed by atoms with Crippen LogP contribution in [-0.2, 0) is 4.74 Å². The maximum atomic E-state index is 6.09. The summed E-state index contributed by atoms with van der Waals surface area (Å²) in [6.45, 7) is 6.35. The van der Waals surface area contributed by atoms with Crippen LogP contribution in [0.15, 0.2) is 23.8 Å². The minimum atomic E-state index is 0.555. The Morgan fingerprint density at radius 2 is 2.22 bits per heavy atom. The summed E-state index contributed by atoms with van der Waals surface area (Å²) in [5.74, 6) is 1.47. The van der Waals surface area contributed by atoms with Crippen LogP contribution in [0.4, 0.5) is 0 Å². The van der Waals surface area contributed by atoms with Crippen LogP contribution in [-0.4, -0.2) is 69.9 Å². The second-order valence-electron chi connectivity index (χ2n) is 6.71. The highest BCUT2D eigenvalue weighted by Crippen LogP contribution is 2.29. The predicted molar refractivity (Wildman–Crippen MR) is 94.2 cm³/mol. The van der Waals surface area contributed by atoms with Crippen molar-refractivity contribution in [2.75, 3.05) is 60.1 Å². The molecule has 2 aliphatic rings. The van der Waals surface area contributed by atoms with Gasteiger partial charge in [-0.15, -0.1) is 0 Å². The largest absolute Gasteiger partial charge is 0.489 e. The molecule has 0 amide bonds. The molecule has 1 atom stereocenters. The van der Waals surface area contributed by atoms with E-state index >= 15 is 0 Å². The van der Waals surface area contributed by atoms with Crippen LogP contribution >= 0.6 is 11.6 Å². The average Bonchev–Trinajstić information content (AvgIpc) is 2.71. The first-order chi connectivity index (χ1) is 11.1. The monoisotopic (exact) mass is 336 g/mol. The number of ether oxygens (including phenoxy) is 2. The average molecular weight is 337 g/mol. The van der Waals surface area contributed by atoms with Crippen molar-refractivity contribution in [2.45, 2.75) is 0 Å². The van der Waals surface area contributed by atoms with Gasteiger partial charge in [0.15, 0.2) is 0 Å². The summed E-state index contributed by atoms with van der Waals surface area (Å²) in [5, 5.41) is 0.749. The lowest BCUT2D eigenvalue weighted by atomic mass is 10.1. The Morgan fingerprint density at radius 1 is 1.35 bits per heavy atom. The van der Waals surface area contributed by atoms with Gasteiger partial charge in [0, 0.05) is 42.7 Å². The number of rotatable bonds is 4. The molecule has 3 rings (SSSR count). The van der Waals surface area contributed by atoms with E-state index in [1.807, 2.05) is 18.2 Å². The Kier molecular flexibility index (Phi) is 5.59. The molecule has 0 N–H and O–H groups in total. The van der Waals surface area contributed by atoms with Crippen molar-refractivity contribution in [2.24, 2.45) is 5.92 Å². The van der Waals surface area contributed by atoms with E-state index in [9.17, 15) is 0 Å². The molecule has 0 radical (unpaired) electrons. The molecule has 1 fully saturated rings. The molecule has 2 heterocycles. The molecule has 1 aromatic carbocycles. The van der Waals surface area contributed by atoms with Gasteiger partial charge >= 0.3 is 0 Å². The third kappa shape index (κ3) is 4.70. The van der Waals surface area contributed by atoms with E-state index in [2.05, 4.69) is 30.0 Å². The zero-order valence-electron chi connectivity index (χ0n) is 13.9. The van der Waals surface area contributed by atoms with Crippen molar-refractivity contribution in [3.63, 3.8) is 0 Å². The van der Waals surface area contributed by atoms with Crippen LogP contribution in [0.2, 0.25) is 5.02 Å². The minimum absolute atomic E-state index is 0.555. The lowest BCUT2D eigenvalue weighted by Crippen LogP contribution is -2.36. The van der Waals surface area contributed by atoms with Crippen LogP contribution in [0, 0.1) is 5.92 Å². The van der Waals surface area contributed by atoms with Crippen molar-refractivity contribution >= 4 is 17.7 Å². The molecule has 0 bridgehead atoms. The third-order valence-electron chi connectivity index (χ3n) is 4.22. The summed E-state index contributed by atoms with van der Waals surface area (Å²) < 4.78 is 11.6. The van der Waals surface area contributed by atoms with Crippen molar-refractivity contribution in [3.8, 4) is 5.75 Å². The second-order valence-corrected chi connectivity index (χ2v) is 7.15. The van der Waals surface area contributed by atoms with Crippen molar-refractivity contribution < 1.29 is 9.47 Å². The molecular weight excluding hydrogens is 312 g/mol. The highest BCUT2D eigenvalue weighted by molar-refractivity contribution is 6.30. The lowest BCUT2D eigenvalue weighted by molar-refractivity contribution is 0.112. The standard InChI is InChI=1S/C18H25ClN2O2/c1-20(2)9-15-11-21(5-6-22-12-15)10-14-7-16-8-17(19)3-4-18(16)23-13-14/h3-4,7-8,15H,5-6,9-13H2,1-2H3. The van der Waals surface area contributed by atoms with E-state index in [0.717, 1.165) is 55.7 Å². The normalized spacial score (nSPS) is 22.3. The number of nitrogens with zero attached hydrogens (tertiary/aromatic N) is 2. The number of fused-ring (bicyclic) bond motifs is 1. The van der Waals surface area contributed by atoms with Gasteiger partial charge in [0.2, 0.25) is 0 Å². The van der Waals surface area contributed by atoms with Crippen LogP contribution in [0.1, 0.15) is 5.56 Å². The van der Waals surface area contributed by atoms with E-state index in [4.69, 9.17) is 21.1 Å². The number of halogens is 1. The van der Waals surface area contributed by atoms with Crippen LogP contribution in [0.5, 0.6) is 5.75 Å². The lowest BCUT2D eigenvalue weighted by Gasteiger charge is -2.27. The molecule has 2 aliphatic heterocycles. The molecule has 1 aromatic rings. The van der Waals surface area contributed by atoms with Gasteiger partial charge in [-0.1, -0.05) is 11.6 Å². The smallest absolute Gasteiger partial charge is 0.127 e. The van der Waals surface area contributed by atoms with Gasteiger partial charge in [0.1, 0.15) is 12.4 Å². The Morgan fingerprint density at radius 3 is 3.04 bits per heavy atom. The minimum Gasteiger partial charge on any atom is -0.489 e. The van der Waals surface area contributed by atoms with Gasteiger partial charge < -0.3 is 14.4 Å². The zero-order valence-corrected chi connectivity index (χ0v) is 14.7. The van der Waals surface area contributed by atoms with E-state index in [-0.39, 0.29) is 0 Å². The number of benzene rings is 1. The van der Waals surface area contributed by atoms with Crippen molar-refractivity contribution in [3.05, 3.63) is 34.4 Å². The maximum absolute atomic E-state index is 6.09. The molecule has 126 valence electrons. The molecule has 0 saturated carbocycles. The summed E-state index contributed by atoms with van der Waals surface area (Å²) in [6, 6.07) is 5.78. The third-order valence-corrected chi connectivity index (χ3v) is 4.45. The summed E-state index contributed by atoms with van der Waals surface area (Å²) in [6.07, 6.45) is 2.22. The number of hydrogen-bond acceptors (Lipinski definition) is 4.